The van der Waals surface area contributed by atoms with E-state index in [0.29, 0.717) is 19.5 Å². The molecule has 122 valence electrons. The molecule has 0 bridgehead atoms. The quantitative estimate of drug-likeness (QED) is 0.879. The molecule has 1 aromatic heterocycles. The van der Waals surface area contributed by atoms with E-state index in [2.05, 4.69) is 28.8 Å². The van der Waals surface area contributed by atoms with Crippen LogP contribution in [0, 0.1) is 13.8 Å². The monoisotopic (exact) mass is 331 g/mol. The Morgan fingerprint density at radius 3 is 2.83 bits per heavy atom. The number of aryl methyl sites for hydroxylation is 1. The summed E-state index contributed by atoms with van der Waals surface area (Å²) >= 11 is 1.24. The van der Waals surface area contributed by atoms with E-state index < -0.39 is 0 Å². The predicted octanol–water partition coefficient (Wildman–Crippen LogP) is 1.84. The molecule has 5 nitrogen and oxygen atoms in total. The predicted molar refractivity (Wildman–Crippen MR) is 91.5 cm³/mol. The lowest BCUT2D eigenvalue weighted by Gasteiger charge is -2.08. The van der Waals surface area contributed by atoms with Crippen molar-refractivity contribution in [1.82, 2.24) is 15.2 Å². The topological polar surface area (TPSA) is 63.1 Å². The van der Waals surface area contributed by atoms with E-state index in [-0.39, 0.29) is 10.8 Å². The lowest BCUT2D eigenvalue weighted by Crippen LogP contribution is -2.26. The Hall–Kier alpha value is -1.92. The Morgan fingerprint density at radius 1 is 1.30 bits per heavy atom. The number of nitrogens with one attached hydrogen (secondary N) is 2. The van der Waals surface area contributed by atoms with Crippen molar-refractivity contribution in [2.45, 2.75) is 46.4 Å². The molecule has 0 fully saturated rings. The minimum absolute atomic E-state index is 0.0129. The maximum atomic E-state index is 12.0. The third-order valence-corrected chi connectivity index (χ3v) is 5.33. The Morgan fingerprint density at radius 2 is 2.09 bits per heavy atom. The number of carbonyl (C=O) groups excluding carboxylic acids is 1. The number of benzene rings is 1. The van der Waals surface area contributed by atoms with Crippen LogP contribution in [0.25, 0.3) is 0 Å². The number of rotatable bonds is 5. The molecule has 0 radical (unpaired) electrons. The Kier molecular flexibility index (Phi) is 4.63. The van der Waals surface area contributed by atoms with Gasteiger partial charge in [0, 0.05) is 43.2 Å². The van der Waals surface area contributed by atoms with Crippen molar-refractivity contribution in [1.29, 1.82) is 0 Å². The lowest BCUT2D eigenvalue weighted by molar-refractivity contribution is -0.121. The summed E-state index contributed by atoms with van der Waals surface area (Å²) in [6.07, 6.45) is 0.323. The van der Waals surface area contributed by atoms with Gasteiger partial charge in [0.15, 0.2) is 0 Å². The SMILES string of the molecule is Cc1sc(=O)n(CCC(=O)NCc2ccc3c(c2)CNC3)c1C. The second kappa shape index (κ2) is 6.68. The van der Waals surface area contributed by atoms with Gasteiger partial charge in [-0.1, -0.05) is 29.5 Å². The van der Waals surface area contributed by atoms with Gasteiger partial charge in [-0.2, -0.15) is 0 Å². The molecule has 3 rings (SSSR count). The Bertz CT molecular complexity index is 792. The summed E-state index contributed by atoms with van der Waals surface area (Å²) in [5.41, 5.74) is 4.72. The zero-order chi connectivity index (χ0) is 16.4. The summed E-state index contributed by atoms with van der Waals surface area (Å²) in [5.74, 6) is -0.0289. The zero-order valence-electron chi connectivity index (χ0n) is 13.4. The molecule has 6 heteroatoms. The van der Waals surface area contributed by atoms with Gasteiger partial charge < -0.3 is 15.2 Å². The number of nitrogens with zero attached hydrogens (tertiary/aromatic N) is 1. The first-order chi connectivity index (χ1) is 11.0. The highest BCUT2D eigenvalue weighted by atomic mass is 32.1. The van der Waals surface area contributed by atoms with Gasteiger partial charge in [0.05, 0.1) is 0 Å². The maximum Gasteiger partial charge on any atom is 0.307 e. The first-order valence-corrected chi connectivity index (χ1v) is 8.61. The fourth-order valence-electron chi connectivity index (χ4n) is 2.81. The molecule has 0 saturated heterocycles. The molecule has 0 saturated carbocycles. The van der Waals surface area contributed by atoms with E-state index in [1.54, 1.807) is 4.57 Å². The van der Waals surface area contributed by atoms with Gasteiger partial charge >= 0.3 is 4.87 Å². The van der Waals surface area contributed by atoms with Gasteiger partial charge in [0.2, 0.25) is 5.91 Å². The first kappa shape index (κ1) is 16.0. The summed E-state index contributed by atoms with van der Waals surface area (Å²) in [4.78, 5) is 24.9. The number of fused-ring (bicyclic) bond motifs is 1. The standard InChI is InChI=1S/C17H21N3O2S/c1-11-12(2)23-17(22)20(11)6-5-16(21)19-8-13-3-4-14-9-18-10-15(14)7-13/h3-4,7,18H,5-6,8-10H2,1-2H3,(H,19,21). The molecule has 2 heterocycles. The normalized spacial score (nSPS) is 13.1. The fourth-order valence-corrected chi connectivity index (χ4v) is 3.66. The molecule has 0 aliphatic carbocycles. The van der Waals surface area contributed by atoms with E-state index in [9.17, 15) is 9.59 Å². The molecule has 0 spiro atoms. The average molecular weight is 331 g/mol. The van der Waals surface area contributed by atoms with Gasteiger partial charge in [-0.3, -0.25) is 9.59 Å². The summed E-state index contributed by atoms with van der Waals surface area (Å²) in [6.45, 7) is 6.65. The first-order valence-electron chi connectivity index (χ1n) is 7.79. The van der Waals surface area contributed by atoms with Crippen LogP contribution in [-0.4, -0.2) is 10.5 Å². The van der Waals surface area contributed by atoms with Crippen LogP contribution in [0.1, 0.15) is 33.7 Å². The van der Waals surface area contributed by atoms with Crippen molar-refractivity contribution in [2.75, 3.05) is 0 Å². The van der Waals surface area contributed by atoms with Crippen LogP contribution in [0.3, 0.4) is 0 Å². The van der Waals surface area contributed by atoms with Gasteiger partial charge in [-0.05, 0) is 30.5 Å². The van der Waals surface area contributed by atoms with Crippen LogP contribution >= 0.6 is 11.3 Å². The Balaban J connectivity index is 1.53. The van der Waals surface area contributed by atoms with Crippen molar-refractivity contribution in [3.8, 4) is 0 Å². The third kappa shape index (κ3) is 3.54. The number of amides is 1. The summed E-state index contributed by atoms with van der Waals surface area (Å²) < 4.78 is 1.68. The summed E-state index contributed by atoms with van der Waals surface area (Å²) in [7, 11) is 0. The number of carbonyl (C=O) groups is 1. The van der Waals surface area contributed by atoms with Crippen molar-refractivity contribution in [3.05, 3.63) is 55.1 Å². The van der Waals surface area contributed by atoms with Crippen LogP contribution in [0.5, 0.6) is 0 Å². The molecule has 1 aliphatic heterocycles. The number of hydrogen-bond acceptors (Lipinski definition) is 4. The van der Waals surface area contributed by atoms with E-state index >= 15 is 0 Å². The molecule has 2 N–H and O–H groups in total. The van der Waals surface area contributed by atoms with Gasteiger partial charge in [-0.25, -0.2) is 0 Å². The van der Waals surface area contributed by atoms with Gasteiger partial charge in [-0.15, -0.1) is 0 Å². The minimum atomic E-state index is -0.0289. The minimum Gasteiger partial charge on any atom is -0.352 e. The highest BCUT2D eigenvalue weighted by Crippen LogP contribution is 2.17. The molecule has 1 aliphatic rings. The molecular formula is C17H21N3O2S. The van der Waals surface area contributed by atoms with E-state index in [1.807, 2.05) is 13.8 Å². The number of thiazole rings is 1. The highest BCUT2D eigenvalue weighted by Gasteiger charge is 2.11. The summed E-state index contributed by atoms with van der Waals surface area (Å²) in [5, 5.41) is 6.25. The van der Waals surface area contributed by atoms with Gasteiger partial charge in [0.25, 0.3) is 0 Å². The molecule has 0 atom stereocenters. The van der Waals surface area contributed by atoms with E-state index in [4.69, 9.17) is 0 Å². The molecular weight excluding hydrogens is 310 g/mol. The average Bonchev–Trinajstić information content (AvgIpc) is 3.08. The smallest absolute Gasteiger partial charge is 0.307 e. The second-order valence-electron chi connectivity index (χ2n) is 5.89. The van der Waals surface area contributed by atoms with Crippen LogP contribution in [0.15, 0.2) is 23.0 Å². The van der Waals surface area contributed by atoms with E-state index in [0.717, 1.165) is 29.2 Å². The van der Waals surface area contributed by atoms with Crippen LogP contribution in [0.4, 0.5) is 0 Å². The molecule has 23 heavy (non-hydrogen) atoms. The van der Waals surface area contributed by atoms with Crippen molar-refractivity contribution in [3.63, 3.8) is 0 Å². The molecule has 1 amide bonds. The largest absolute Gasteiger partial charge is 0.352 e. The lowest BCUT2D eigenvalue weighted by atomic mass is 10.1. The highest BCUT2D eigenvalue weighted by molar-refractivity contribution is 7.09. The van der Waals surface area contributed by atoms with Crippen molar-refractivity contribution in [2.24, 2.45) is 0 Å². The summed E-state index contributed by atoms with van der Waals surface area (Å²) in [6, 6.07) is 6.32. The van der Waals surface area contributed by atoms with Crippen LogP contribution in [-0.2, 0) is 31.0 Å². The maximum absolute atomic E-state index is 12.0. The Labute approximate surface area is 139 Å². The molecule has 0 unspecified atom stereocenters. The molecule has 1 aromatic carbocycles. The van der Waals surface area contributed by atoms with E-state index in [1.165, 1.54) is 22.5 Å². The van der Waals surface area contributed by atoms with Crippen LogP contribution in [0.2, 0.25) is 0 Å². The van der Waals surface area contributed by atoms with Crippen molar-refractivity contribution >= 4 is 17.2 Å². The van der Waals surface area contributed by atoms with Crippen LogP contribution < -0.4 is 15.5 Å². The third-order valence-electron chi connectivity index (χ3n) is 4.33. The van der Waals surface area contributed by atoms with Crippen molar-refractivity contribution < 1.29 is 4.79 Å². The fraction of sp³-hybridized carbons (Fsp3) is 0.412. The number of hydrogen-bond donors (Lipinski definition) is 2. The zero-order valence-corrected chi connectivity index (χ0v) is 14.3. The van der Waals surface area contributed by atoms with Gasteiger partial charge in [0.1, 0.15) is 0 Å². The molecule has 2 aromatic rings. The number of aromatic nitrogens is 1. The second-order valence-corrected chi connectivity index (χ2v) is 7.06.